The fraction of sp³-hybridized carbons (Fsp3) is 0.704. The Morgan fingerprint density at radius 2 is 1.48 bits per heavy atom. The third-order valence-electron chi connectivity index (χ3n) is 7.37. The van der Waals surface area contributed by atoms with Crippen molar-refractivity contribution in [2.24, 2.45) is 10.8 Å². The number of ketones is 2. The molecule has 1 saturated carbocycles. The molecule has 0 bridgehead atoms. The molecule has 2 unspecified atom stereocenters. The summed E-state index contributed by atoms with van der Waals surface area (Å²) in [7, 11) is 0. The van der Waals surface area contributed by atoms with Crippen molar-refractivity contribution in [2.75, 3.05) is 13.2 Å². The minimum atomic E-state index is -0.907. The van der Waals surface area contributed by atoms with Gasteiger partial charge < -0.3 is 9.47 Å². The van der Waals surface area contributed by atoms with Crippen LogP contribution in [0.2, 0.25) is 0 Å². The molecule has 3 aliphatic rings. The molecule has 1 aromatic rings. The SMILES string of the molecule is CC(ON1C(C)(C)CC2(CC1(C)C)C(=O)CC(C)(C)CC2=O)c1ccc(OCC2CO2)cc1. The summed E-state index contributed by atoms with van der Waals surface area (Å²) in [6, 6.07) is 7.96. The van der Waals surface area contributed by atoms with Crippen LogP contribution in [0.5, 0.6) is 5.75 Å². The van der Waals surface area contributed by atoms with Crippen molar-refractivity contribution in [3.63, 3.8) is 0 Å². The number of ether oxygens (including phenoxy) is 2. The Morgan fingerprint density at radius 3 is 1.97 bits per heavy atom. The Labute approximate surface area is 197 Å². The molecule has 1 aromatic carbocycles. The highest BCUT2D eigenvalue weighted by Gasteiger charge is 2.62. The van der Waals surface area contributed by atoms with Gasteiger partial charge in [-0.1, -0.05) is 26.0 Å². The Morgan fingerprint density at radius 1 is 0.970 bits per heavy atom. The Kier molecular flexibility index (Phi) is 6.04. The molecule has 6 heteroatoms. The van der Waals surface area contributed by atoms with Crippen LogP contribution in [0.4, 0.5) is 0 Å². The minimum absolute atomic E-state index is 0.102. The summed E-state index contributed by atoms with van der Waals surface area (Å²) in [4.78, 5) is 33.3. The second kappa shape index (κ2) is 8.17. The molecule has 2 atom stereocenters. The number of benzene rings is 1. The molecule has 6 nitrogen and oxygen atoms in total. The highest BCUT2D eigenvalue weighted by atomic mass is 16.7. The number of Topliss-reactive ketones (excluding diaryl/α,β-unsaturated/α-hetero) is 2. The maximum absolute atomic E-state index is 13.4. The van der Waals surface area contributed by atoms with Gasteiger partial charge in [-0.25, -0.2) is 0 Å². The molecule has 3 fully saturated rings. The lowest BCUT2D eigenvalue weighted by Crippen LogP contribution is -2.67. The van der Waals surface area contributed by atoms with E-state index < -0.39 is 16.5 Å². The zero-order valence-electron chi connectivity index (χ0n) is 21.2. The van der Waals surface area contributed by atoms with Gasteiger partial charge in [0.15, 0.2) is 0 Å². The molecule has 182 valence electrons. The first-order chi connectivity index (χ1) is 15.2. The number of epoxide rings is 1. The topological polar surface area (TPSA) is 68.4 Å². The molecule has 4 rings (SSSR count). The van der Waals surface area contributed by atoms with Crippen LogP contribution in [0.3, 0.4) is 0 Å². The van der Waals surface area contributed by atoms with Crippen molar-refractivity contribution < 1.29 is 23.9 Å². The summed E-state index contributed by atoms with van der Waals surface area (Å²) >= 11 is 0. The number of piperidine rings is 1. The summed E-state index contributed by atoms with van der Waals surface area (Å²) in [5, 5.41) is 2.03. The lowest BCUT2D eigenvalue weighted by molar-refractivity contribution is -0.314. The lowest BCUT2D eigenvalue weighted by atomic mass is 9.54. The van der Waals surface area contributed by atoms with Crippen LogP contribution < -0.4 is 4.74 Å². The Hall–Kier alpha value is -1.76. The van der Waals surface area contributed by atoms with Crippen molar-refractivity contribution in [1.82, 2.24) is 5.06 Å². The predicted molar refractivity (Wildman–Crippen MR) is 126 cm³/mol. The monoisotopic (exact) mass is 457 g/mol. The largest absolute Gasteiger partial charge is 0.491 e. The fourth-order valence-electron chi connectivity index (χ4n) is 6.02. The molecule has 0 radical (unpaired) electrons. The quantitative estimate of drug-likeness (QED) is 0.440. The second-order valence-electron chi connectivity index (χ2n) is 12.3. The summed E-state index contributed by atoms with van der Waals surface area (Å²) in [6.45, 7) is 15.8. The highest BCUT2D eigenvalue weighted by molar-refractivity contribution is 6.10. The molecular weight excluding hydrogens is 418 g/mol. The minimum Gasteiger partial charge on any atom is -0.491 e. The van der Waals surface area contributed by atoms with Gasteiger partial charge in [-0.3, -0.25) is 14.4 Å². The van der Waals surface area contributed by atoms with Crippen molar-refractivity contribution in [2.45, 2.75) is 97.4 Å². The third-order valence-corrected chi connectivity index (χ3v) is 7.37. The van der Waals surface area contributed by atoms with E-state index in [1.54, 1.807) is 0 Å². The zero-order valence-corrected chi connectivity index (χ0v) is 21.2. The van der Waals surface area contributed by atoms with Crippen LogP contribution in [-0.2, 0) is 19.2 Å². The van der Waals surface area contributed by atoms with Crippen molar-refractivity contribution >= 4 is 11.6 Å². The number of carbonyl (C=O) groups excluding carboxylic acids is 2. The first-order valence-electron chi connectivity index (χ1n) is 12.1. The third kappa shape index (κ3) is 4.89. The highest BCUT2D eigenvalue weighted by Crippen LogP contribution is 2.54. The number of rotatable bonds is 6. The van der Waals surface area contributed by atoms with Crippen LogP contribution in [0, 0.1) is 10.8 Å². The van der Waals surface area contributed by atoms with E-state index in [0.717, 1.165) is 17.9 Å². The molecular formula is C27H39NO5. The summed E-state index contributed by atoms with van der Waals surface area (Å²) in [5.74, 6) is 1.02. The average molecular weight is 458 g/mol. The summed E-state index contributed by atoms with van der Waals surface area (Å²) in [5.41, 5.74) is -1.07. The number of carbonyl (C=O) groups is 2. The molecule has 1 spiro atoms. The average Bonchev–Trinajstić information content (AvgIpc) is 3.51. The van der Waals surface area contributed by atoms with Gasteiger partial charge in [-0.2, -0.15) is 5.06 Å². The van der Waals surface area contributed by atoms with Crippen molar-refractivity contribution in [3.05, 3.63) is 29.8 Å². The molecule has 1 aliphatic carbocycles. The van der Waals surface area contributed by atoms with Gasteiger partial charge in [0.1, 0.15) is 36.1 Å². The summed E-state index contributed by atoms with van der Waals surface area (Å²) < 4.78 is 10.9. The maximum Gasteiger partial charge on any atom is 0.147 e. The predicted octanol–water partition coefficient (Wildman–Crippen LogP) is 5.05. The van der Waals surface area contributed by atoms with E-state index in [0.29, 0.717) is 32.3 Å². The van der Waals surface area contributed by atoms with Crippen LogP contribution in [-0.4, -0.2) is 47.0 Å². The van der Waals surface area contributed by atoms with E-state index in [2.05, 4.69) is 27.7 Å². The van der Waals surface area contributed by atoms with Crippen LogP contribution in [0.1, 0.15) is 85.8 Å². The normalized spacial score (nSPS) is 28.5. The number of hydrogen-bond donors (Lipinski definition) is 0. The number of hydroxylamine groups is 2. The molecule has 0 aromatic heterocycles. The van der Waals surface area contributed by atoms with Gasteiger partial charge in [0, 0.05) is 23.9 Å². The molecule has 0 amide bonds. The van der Waals surface area contributed by atoms with E-state index in [1.807, 2.05) is 50.1 Å². The number of hydrogen-bond acceptors (Lipinski definition) is 6. The lowest BCUT2D eigenvalue weighted by Gasteiger charge is -2.59. The Bertz CT molecular complexity index is 873. The molecule has 2 heterocycles. The zero-order chi connectivity index (χ0) is 24.2. The van der Waals surface area contributed by atoms with Gasteiger partial charge >= 0.3 is 0 Å². The van der Waals surface area contributed by atoms with E-state index in [9.17, 15) is 9.59 Å². The van der Waals surface area contributed by atoms with Gasteiger partial charge in [0.05, 0.1) is 12.0 Å². The van der Waals surface area contributed by atoms with Crippen molar-refractivity contribution in [1.29, 1.82) is 0 Å². The molecule has 33 heavy (non-hydrogen) atoms. The Balaban J connectivity index is 1.49. The smallest absolute Gasteiger partial charge is 0.147 e. The molecule has 0 N–H and O–H groups in total. The van der Waals surface area contributed by atoms with E-state index in [4.69, 9.17) is 14.3 Å². The number of nitrogens with zero attached hydrogens (tertiary/aromatic N) is 1. The van der Waals surface area contributed by atoms with Gasteiger partial charge in [-0.05, 0) is 70.6 Å². The first kappa shape index (κ1) is 24.4. The fourth-order valence-corrected chi connectivity index (χ4v) is 6.02. The summed E-state index contributed by atoms with van der Waals surface area (Å²) in [6.07, 6.45) is 1.94. The molecule has 2 saturated heterocycles. The van der Waals surface area contributed by atoms with Gasteiger partial charge in [0.2, 0.25) is 0 Å². The van der Waals surface area contributed by atoms with Crippen LogP contribution >= 0.6 is 0 Å². The molecule has 2 aliphatic heterocycles. The van der Waals surface area contributed by atoms with Crippen LogP contribution in [0.25, 0.3) is 0 Å². The van der Waals surface area contributed by atoms with E-state index in [1.165, 1.54) is 0 Å². The van der Waals surface area contributed by atoms with Gasteiger partial charge in [0.25, 0.3) is 0 Å². The van der Waals surface area contributed by atoms with E-state index >= 15 is 0 Å². The standard InChI is InChI=1S/C27H39NO5/c1-18(19-8-10-20(11-9-19)31-14-21-15-32-21)33-28-25(4,5)16-27(17-26(28,6)7)22(29)12-24(2,3)13-23(27)30/h8-11,18,21H,12-17H2,1-7H3. The van der Waals surface area contributed by atoms with Crippen molar-refractivity contribution in [3.8, 4) is 5.75 Å². The van der Waals surface area contributed by atoms with Gasteiger partial charge in [-0.15, -0.1) is 0 Å². The van der Waals surface area contributed by atoms with Crippen LogP contribution in [0.15, 0.2) is 24.3 Å². The van der Waals surface area contributed by atoms with E-state index in [-0.39, 0.29) is 29.2 Å². The second-order valence-corrected chi connectivity index (χ2v) is 12.3. The maximum atomic E-state index is 13.4. The first-order valence-corrected chi connectivity index (χ1v) is 12.1.